The second kappa shape index (κ2) is 4.93. The maximum absolute atomic E-state index is 4.65. The Kier molecular flexibility index (Phi) is 3.56. The van der Waals surface area contributed by atoms with E-state index in [9.17, 15) is 0 Å². The first-order valence-corrected chi connectivity index (χ1v) is 6.60. The van der Waals surface area contributed by atoms with Crippen LogP contribution in [0.3, 0.4) is 0 Å². The Balaban J connectivity index is 2.19. The molecule has 2 nitrogen and oxygen atoms in total. The van der Waals surface area contributed by atoms with Crippen molar-refractivity contribution in [1.82, 2.24) is 10.3 Å². The molecule has 1 N–H and O–H groups in total. The van der Waals surface area contributed by atoms with Crippen LogP contribution < -0.4 is 5.32 Å². The average molecular weight is 234 g/mol. The molecule has 86 valence electrons. The third kappa shape index (κ3) is 2.60. The van der Waals surface area contributed by atoms with Crippen LogP contribution in [0.5, 0.6) is 0 Å². The summed E-state index contributed by atoms with van der Waals surface area (Å²) in [6, 6.07) is 6.96. The highest BCUT2D eigenvalue weighted by molar-refractivity contribution is 7.18. The highest BCUT2D eigenvalue weighted by atomic mass is 32.1. The molecule has 0 amide bonds. The predicted molar refractivity (Wildman–Crippen MR) is 71.2 cm³/mol. The van der Waals surface area contributed by atoms with Gasteiger partial charge >= 0.3 is 0 Å². The van der Waals surface area contributed by atoms with E-state index >= 15 is 0 Å². The Morgan fingerprint density at radius 3 is 3.00 bits per heavy atom. The van der Waals surface area contributed by atoms with Gasteiger partial charge in [0.15, 0.2) is 0 Å². The van der Waals surface area contributed by atoms with Crippen LogP contribution in [-0.2, 0) is 6.42 Å². The number of nitrogens with zero attached hydrogens (tertiary/aromatic N) is 1. The van der Waals surface area contributed by atoms with Crippen molar-refractivity contribution in [1.29, 1.82) is 0 Å². The van der Waals surface area contributed by atoms with Crippen molar-refractivity contribution < 1.29 is 0 Å². The molecule has 16 heavy (non-hydrogen) atoms. The van der Waals surface area contributed by atoms with Gasteiger partial charge in [-0.1, -0.05) is 13.0 Å². The van der Waals surface area contributed by atoms with E-state index in [0.717, 1.165) is 18.5 Å². The van der Waals surface area contributed by atoms with Crippen molar-refractivity contribution in [2.75, 3.05) is 6.54 Å². The fourth-order valence-corrected chi connectivity index (χ4v) is 3.04. The van der Waals surface area contributed by atoms with E-state index in [1.807, 2.05) is 11.3 Å². The summed E-state index contributed by atoms with van der Waals surface area (Å²) >= 11 is 1.81. The molecule has 0 aliphatic rings. The van der Waals surface area contributed by atoms with Gasteiger partial charge in [-0.15, -0.1) is 11.3 Å². The molecule has 0 aliphatic heterocycles. The lowest BCUT2D eigenvalue weighted by atomic mass is 10.2. The van der Waals surface area contributed by atoms with E-state index in [4.69, 9.17) is 0 Å². The molecule has 0 saturated carbocycles. The minimum atomic E-state index is 0.506. The number of hydrogen-bond donors (Lipinski definition) is 1. The summed E-state index contributed by atoms with van der Waals surface area (Å²) in [4.78, 5) is 4.65. The second-order valence-electron chi connectivity index (χ2n) is 4.24. The molecule has 0 bridgehead atoms. The van der Waals surface area contributed by atoms with E-state index < -0.39 is 0 Å². The Labute approximate surface area is 101 Å². The first-order valence-electron chi connectivity index (χ1n) is 5.78. The van der Waals surface area contributed by atoms with Crippen LogP contribution in [0.15, 0.2) is 18.2 Å². The van der Waals surface area contributed by atoms with E-state index in [1.54, 1.807) is 0 Å². The number of rotatable bonds is 4. The van der Waals surface area contributed by atoms with Crippen molar-refractivity contribution >= 4 is 21.6 Å². The smallest absolute Gasteiger partial charge is 0.0954 e. The van der Waals surface area contributed by atoms with E-state index in [1.165, 1.54) is 15.3 Å². The van der Waals surface area contributed by atoms with Gasteiger partial charge in [0.05, 0.1) is 15.2 Å². The van der Waals surface area contributed by atoms with E-state index in [2.05, 4.69) is 49.3 Å². The van der Waals surface area contributed by atoms with Gasteiger partial charge in [-0.2, -0.15) is 0 Å². The van der Waals surface area contributed by atoms with Crippen LogP contribution >= 0.6 is 11.3 Å². The van der Waals surface area contributed by atoms with Crippen LogP contribution in [0, 0.1) is 6.92 Å². The lowest BCUT2D eigenvalue weighted by molar-refractivity contribution is 0.564. The summed E-state index contributed by atoms with van der Waals surface area (Å²) in [5, 5.41) is 4.65. The molecule has 1 aromatic carbocycles. The number of fused-ring (bicyclic) bond motifs is 1. The van der Waals surface area contributed by atoms with Gasteiger partial charge in [0.2, 0.25) is 0 Å². The Hall–Kier alpha value is -0.930. The quantitative estimate of drug-likeness (QED) is 0.879. The van der Waals surface area contributed by atoms with Gasteiger partial charge in [-0.3, -0.25) is 0 Å². The molecule has 1 unspecified atom stereocenters. The van der Waals surface area contributed by atoms with Crippen molar-refractivity contribution in [2.24, 2.45) is 0 Å². The zero-order valence-corrected chi connectivity index (χ0v) is 10.9. The van der Waals surface area contributed by atoms with Gasteiger partial charge in [-0.25, -0.2) is 4.98 Å². The second-order valence-corrected chi connectivity index (χ2v) is 5.36. The summed E-state index contributed by atoms with van der Waals surface area (Å²) in [5.41, 5.74) is 2.44. The topological polar surface area (TPSA) is 24.9 Å². The van der Waals surface area contributed by atoms with E-state index in [0.29, 0.717) is 6.04 Å². The van der Waals surface area contributed by atoms with Gasteiger partial charge in [0, 0.05) is 12.5 Å². The third-order valence-electron chi connectivity index (χ3n) is 2.62. The maximum atomic E-state index is 4.65. The number of benzene rings is 1. The van der Waals surface area contributed by atoms with Crippen molar-refractivity contribution in [2.45, 2.75) is 33.2 Å². The number of aryl methyl sites for hydroxylation is 1. The molecule has 0 saturated heterocycles. The van der Waals surface area contributed by atoms with Crippen molar-refractivity contribution in [3.8, 4) is 0 Å². The summed E-state index contributed by atoms with van der Waals surface area (Å²) in [7, 11) is 0. The lowest BCUT2D eigenvalue weighted by Gasteiger charge is -2.08. The molecule has 2 aromatic rings. The SMILES string of the molecule is CCNC(C)Cc1nc2ccc(C)cc2s1. The van der Waals surface area contributed by atoms with Crippen LogP contribution in [0.1, 0.15) is 24.4 Å². The minimum absolute atomic E-state index is 0.506. The summed E-state index contributed by atoms with van der Waals surface area (Å²) in [5.74, 6) is 0. The fraction of sp³-hybridized carbons (Fsp3) is 0.462. The van der Waals surface area contributed by atoms with Gasteiger partial charge in [0.25, 0.3) is 0 Å². The van der Waals surface area contributed by atoms with Crippen LogP contribution in [-0.4, -0.2) is 17.6 Å². The average Bonchev–Trinajstić information content (AvgIpc) is 2.59. The zero-order valence-electron chi connectivity index (χ0n) is 10.1. The monoisotopic (exact) mass is 234 g/mol. The maximum Gasteiger partial charge on any atom is 0.0954 e. The lowest BCUT2D eigenvalue weighted by Crippen LogP contribution is -2.27. The summed E-state index contributed by atoms with van der Waals surface area (Å²) in [6.45, 7) is 7.49. The number of aromatic nitrogens is 1. The van der Waals surface area contributed by atoms with Crippen molar-refractivity contribution in [3.63, 3.8) is 0 Å². The first-order chi connectivity index (χ1) is 7.69. The van der Waals surface area contributed by atoms with Gasteiger partial charge in [-0.05, 0) is 38.1 Å². The number of nitrogens with one attached hydrogen (secondary N) is 1. The molecule has 0 spiro atoms. The first kappa shape index (κ1) is 11.6. The molecule has 0 radical (unpaired) electrons. The highest BCUT2D eigenvalue weighted by Gasteiger charge is 2.07. The Morgan fingerprint density at radius 1 is 1.44 bits per heavy atom. The normalized spacial score (nSPS) is 13.2. The number of likely N-dealkylation sites (N-methyl/N-ethyl adjacent to an activating group) is 1. The molecule has 0 aliphatic carbocycles. The Morgan fingerprint density at radius 2 is 2.25 bits per heavy atom. The number of thiazole rings is 1. The molecule has 0 fully saturated rings. The summed E-state index contributed by atoms with van der Waals surface area (Å²) in [6.07, 6.45) is 1.02. The van der Waals surface area contributed by atoms with Gasteiger partial charge < -0.3 is 5.32 Å². The molecule has 3 heteroatoms. The standard InChI is InChI=1S/C13H18N2S/c1-4-14-10(3)8-13-15-11-6-5-9(2)7-12(11)16-13/h5-7,10,14H,4,8H2,1-3H3. The predicted octanol–water partition coefficient (Wildman–Crippen LogP) is 3.15. The zero-order chi connectivity index (χ0) is 11.5. The molecular weight excluding hydrogens is 216 g/mol. The third-order valence-corrected chi connectivity index (χ3v) is 3.66. The van der Waals surface area contributed by atoms with Crippen LogP contribution in [0.25, 0.3) is 10.2 Å². The van der Waals surface area contributed by atoms with Crippen LogP contribution in [0.2, 0.25) is 0 Å². The highest BCUT2D eigenvalue weighted by Crippen LogP contribution is 2.23. The number of hydrogen-bond acceptors (Lipinski definition) is 3. The minimum Gasteiger partial charge on any atom is -0.314 e. The molecule has 1 heterocycles. The molecular formula is C13H18N2S. The van der Waals surface area contributed by atoms with Crippen molar-refractivity contribution in [3.05, 3.63) is 28.8 Å². The fourth-order valence-electron chi connectivity index (χ4n) is 1.85. The Bertz CT molecular complexity index is 476. The van der Waals surface area contributed by atoms with Gasteiger partial charge in [0.1, 0.15) is 0 Å². The molecule has 2 rings (SSSR count). The molecule has 1 atom stereocenters. The van der Waals surface area contributed by atoms with E-state index in [-0.39, 0.29) is 0 Å². The largest absolute Gasteiger partial charge is 0.314 e. The summed E-state index contributed by atoms with van der Waals surface area (Å²) < 4.78 is 1.30. The van der Waals surface area contributed by atoms with Crippen LogP contribution in [0.4, 0.5) is 0 Å². The molecule has 1 aromatic heterocycles.